The van der Waals surface area contributed by atoms with E-state index in [1.807, 2.05) is 44.2 Å². The van der Waals surface area contributed by atoms with Crippen LogP contribution in [0.15, 0.2) is 59.1 Å². The van der Waals surface area contributed by atoms with E-state index in [9.17, 15) is 14.4 Å². The molecule has 0 radical (unpaired) electrons. The van der Waals surface area contributed by atoms with Gasteiger partial charge < -0.3 is 19.5 Å². The summed E-state index contributed by atoms with van der Waals surface area (Å²) in [5.74, 6) is 1.35. The van der Waals surface area contributed by atoms with E-state index in [4.69, 9.17) is 14.2 Å². The Morgan fingerprint density at radius 3 is 2.02 bits per heavy atom. The van der Waals surface area contributed by atoms with Crippen molar-refractivity contribution in [3.8, 4) is 11.5 Å². The minimum Gasteiger partial charge on any atom is -0.493 e. The summed E-state index contributed by atoms with van der Waals surface area (Å²) in [6.45, 7) is 12.1. The predicted octanol–water partition coefficient (Wildman–Crippen LogP) is 6.73. The Morgan fingerprint density at radius 1 is 0.854 bits per heavy atom. The maximum Gasteiger partial charge on any atom is 0.262 e. The molecule has 2 aromatic rings. The number of Topliss-reactive ketones (excluding diaryl/α,β-unsaturated/α-hetero) is 2. The Balaban J connectivity index is 1.45. The van der Waals surface area contributed by atoms with Gasteiger partial charge in [0.2, 0.25) is 0 Å². The number of rotatable bonds is 6. The van der Waals surface area contributed by atoms with Crippen LogP contribution < -0.4 is 14.8 Å². The van der Waals surface area contributed by atoms with Crippen LogP contribution in [0.4, 0.5) is 5.69 Å². The average molecular weight is 558 g/mol. The first kappa shape index (κ1) is 28.7. The molecule has 0 spiro atoms. The van der Waals surface area contributed by atoms with Gasteiger partial charge in [-0.25, -0.2) is 0 Å². The highest BCUT2D eigenvalue weighted by Gasteiger charge is 2.47. The van der Waals surface area contributed by atoms with E-state index in [0.29, 0.717) is 65.5 Å². The number of aryl methyl sites for hydroxylation is 2. The molecule has 5 rings (SSSR count). The summed E-state index contributed by atoms with van der Waals surface area (Å²) in [6.07, 6.45) is 2.04. The van der Waals surface area contributed by atoms with Gasteiger partial charge in [-0.3, -0.25) is 14.4 Å². The normalized spacial score (nSPS) is 19.8. The molecule has 0 bridgehead atoms. The van der Waals surface area contributed by atoms with Crippen LogP contribution in [0.25, 0.3) is 0 Å². The van der Waals surface area contributed by atoms with Gasteiger partial charge in [-0.05, 0) is 65.6 Å². The van der Waals surface area contributed by atoms with Crippen molar-refractivity contribution in [2.75, 3.05) is 19.0 Å². The van der Waals surface area contributed by atoms with Crippen molar-refractivity contribution < 1.29 is 28.6 Å². The first-order chi connectivity index (χ1) is 19.3. The molecule has 0 saturated carbocycles. The minimum atomic E-state index is -0.531. The number of ketones is 2. The van der Waals surface area contributed by atoms with E-state index in [-0.39, 0.29) is 34.9 Å². The molecule has 1 heterocycles. The van der Waals surface area contributed by atoms with Crippen molar-refractivity contribution in [2.24, 2.45) is 10.8 Å². The van der Waals surface area contributed by atoms with Gasteiger partial charge in [0.05, 0.1) is 7.11 Å². The second-order valence-electron chi connectivity index (χ2n) is 13.1. The highest BCUT2D eigenvalue weighted by atomic mass is 16.5. The maximum absolute atomic E-state index is 13.6. The number of allylic oxidation sites excluding steroid dienone is 4. The second-order valence-corrected chi connectivity index (χ2v) is 13.1. The third-order valence-corrected chi connectivity index (χ3v) is 8.25. The molecule has 0 unspecified atom stereocenters. The van der Waals surface area contributed by atoms with Crippen molar-refractivity contribution >= 4 is 23.2 Å². The summed E-state index contributed by atoms with van der Waals surface area (Å²) in [6, 6.07) is 11.1. The smallest absolute Gasteiger partial charge is 0.262 e. The fourth-order valence-corrected chi connectivity index (χ4v) is 6.15. The molecule has 7 heteroatoms. The van der Waals surface area contributed by atoms with Crippen molar-refractivity contribution in [2.45, 2.75) is 73.1 Å². The number of benzene rings is 2. The van der Waals surface area contributed by atoms with Crippen LogP contribution in [0.2, 0.25) is 0 Å². The molecule has 7 nitrogen and oxygen atoms in total. The zero-order valence-corrected chi connectivity index (χ0v) is 25.0. The number of methoxy groups -OCH3 is 1. The van der Waals surface area contributed by atoms with Crippen LogP contribution in [0.3, 0.4) is 0 Å². The number of amides is 1. The standard InChI is InChI=1S/C34H39NO6/c1-19-8-10-22(12-20(19)2)35-29(38)18-40-25-11-9-21(13-26(25)39-7)30-31-23(36)14-33(3,4)16-27(31)41-28-17-34(5,6)15-24(37)32(28)30/h8-13,30H,14-18H2,1-7H3,(H,35,38). The largest absolute Gasteiger partial charge is 0.493 e. The summed E-state index contributed by atoms with van der Waals surface area (Å²) >= 11 is 0. The van der Waals surface area contributed by atoms with E-state index < -0.39 is 5.92 Å². The lowest BCUT2D eigenvalue weighted by Gasteiger charge is -2.42. The molecular formula is C34H39NO6. The first-order valence-corrected chi connectivity index (χ1v) is 14.1. The minimum absolute atomic E-state index is 0.00717. The van der Waals surface area contributed by atoms with Gasteiger partial charge in [-0.15, -0.1) is 0 Å². The van der Waals surface area contributed by atoms with Gasteiger partial charge in [-0.1, -0.05) is 39.8 Å². The van der Waals surface area contributed by atoms with E-state index in [1.165, 1.54) is 7.11 Å². The van der Waals surface area contributed by atoms with Crippen LogP contribution in [0.1, 0.15) is 76.0 Å². The Labute approximate surface area is 241 Å². The van der Waals surface area contributed by atoms with Gasteiger partial charge >= 0.3 is 0 Å². The van der Waals surface area contributed by atoms with Gasteiger partial charge in [0.15, 0.2) is 29.7 Å². The highest BCUT2D eigenvalue weighted by Crippen LogP contribution is 2.53. The van der Waals surface area contributed by atoms with Gasteiger partial charge in [0.1, 0.15) is 11.5 Å². The van der Waals surface area contributed by atoms with Crippen LogP contribution in [0, 0.1) is 24.7 Å². The predicted molar refractivity (Wildman–Crippen MR) is 157 cm³/mol. The molecule has 0 atom stereocenters. The third-order valence-electron chi connectivity index (χ3n) is 8.25. The topological polar surface area (TPSA) is 90.9 Å². The molecule has 3 aliphatic rings. The Kier molecular flexibility index (Phi) is 7.35. The molecule has 1 amide bonds. The van der Waals surface area contributed by atoms with Crippen LogP contribution >= 0.6 is 0 Å². The summed E-state index contributed by atoms with van der Waals surface area (Å²) in [5, 5.41) is 2.86. The SMILES string of the molecule is COc1cc(C2C3=C(CC(C)(C)CC3=O)OC3=C2C(=O)CC(C)(C)C3)ccc1OCC(=O)Nc1ccc(C)c(C)c1. The van der Waals surface area contributed by atoms with Gasteiger partial charge in [-0.2, -0.15) is 0 Å². The number of anilines is 1. The molecule has 216 valence electrons. The molecular weight excluding hydrogens is 518 g/mol. The van der Waals surface area contributed by atoms with Crippen molar-refractivity contribution in [3.05, 3.63) is 75.8 Å². The molecule has 1 N–H and O–H groups in total. The van der Waals surface area contributed by atoms with E-state index in [2.05, 4.69) is 33.0 Å². The molecule has 2 aromatic carbocycles. The summed E-state index contributed by atoms with van der Waals surface area (Å²) in [7, 11) is 1.53. The number of carbonyl (C=O) groups excluding carboxylic acids is 3. The van der Waals surface area contributed by atoms with Crippen LogP contribution in [0.5, 0.6) is 11.5 Å². The lowest BCUT2D eigenvalue weighted by Crippen LogP contribution is -2.37. The number of hydrogen-bond donors (Lipinski definition) is 1. The second kappa shape index (κ2) is 10.5. The fraction of sp³-hybridized carbons (Fsp3) is 0.441. The average Bonchev–Trinajstić information content (AvgIpc) is 2.87. The van der Waals surface area contributed by atoms with Crippen LogP contribution in [-0.2, 0) is 19.1 Å². The monoisotopic (exact) mass is 557 g/mol. The number of nitrogens with one attached hydrogen (secondary N) is 1. The molecule has 0 aromatic heterocycles. The number of hydrogen-bond acceptors (Lipinski definition) is 6. The first-order valence-electron chi connectivity index (χ1n) is 14.1. The number of carbonyl (C=O) groups is 3. The molecule has 41 heavy (non-hydrogen) atoms. The highest BCUT2D eigenvalue weighted by molar-refractivity contribution is 6.06. The maximum atomic E-state index is 13.6. The Morgan fingerprint density at radius 2 is 1.46 bits per heavy atom. The Bertz CT molecular complexity index is 1460. The van der Waals surface area contributed by atoms with Crippen LogP contribution in [-0.4, -0.2) is 31.2 Å². The zero-order chi connectivity index (χ0) is 29.7. The lowest BCUT2D eigenvalue weighted by atomic mass is 9.65. The molecule has 0 fully saturated rings. The fourth-order valence-electron chi connectivity index (χ4n) is 6.15. The Hall–Kier alpha value is -3.87. The quantitative estimate of drug-likeness (QED) is 0.424. The van der Waals surface area contributed by atoms with Crippen molar-refractivity contribution in [1.82, 2.24) is 0 Å². The lowest BCUT2D eigenvalue weighted by molar-refractivity contribution is -0.120. The van der Waals surface area contributed by atoms with Gasteiger partial charge in [0, 0.05) is 48.4 Å². The van der Waals surface area contributed by atoms with Gasteiger partial charge in [0.25, 0.3) is 5.91 Å². The zero-order valence-electron chi connectivity index (χ0n) is 25.0. The molecule has 2 aliphatic carbocycles. The molecule has 0 saturated heterocycles. The summed E-state index contributed by atoms with van der Waals surface area (Å²) < 4.78 is 17.9. The summed E-state index contributed by atoms with van der Waals surface area (Å²) in [5.41, 5.74) is 4.40. The van der Waals surface area contributed by atoms with E-state index >= 15 is 0 Å². The molecule has 1 aliphatic heterocycles. The van der Waals surface area contributed by atoms with E-state index in [1.54, 1.807) is 6.07 Å². The van der Waals surface area contributed by atoms with Crippen molar-refractivity contribution in [1.29, 1.82) is 0 Å². The third kappa shape index (κ3) is 5.81. The summed E-state index contributed by atoms with van der Waals surface area (Å²) in [4.78, 5) is 39.7. The number of ether oxygens (including phenoxy) is 3. The van der Waals surface area contributed by atoms with Crippen molar-refractivity contribution in [3.63, 3.8) is 0 Å². The van der Waals surface area contributed by atoms with E-state index in [0.717, 1.165) is 16.7 Å².